The molecule has 3 rings (SSSR count). The Morgan fingerprint density at radius 3 is 2.29 bits per heavy atom. The second-order valence-corrected chi connectivity index (χ2v) is 8.86. The Kier molecular flexibility index (Phi) is 9.24. The standard InChI is InChI=1S/C27H31N3O5/c1-18(16-25(31)32)13-15-29-26(33)24(12-6-7-14-28)30-27(34)35-17-23-21-10-4-2-8-19(21)20-9-3-5-11-22(20)23/h2-5,8-11,18,23-24H,6-7,12-13,15-17H2,1H3,(H,29,33)(H,30,34)(H,31,32). The summed E-state index contributed by atoms with van der Waals surface area (Å²) in [5.74, 6) is -1.43. The number of hydrogen-bond donors (Lipinski definition) is 3. The summed E-state index contributed by atoms with van der Waals surface area (Å²) in [4.78, 5) is 36.1. The number of fused-ring (bicyclic) bond motifs is 3. The molecule has 0 aliphatic heterocycles. The molecule has 0 saturated heterocycles. The van der Waals surface area contributed by atoms with E-state index < -0.39 is 18.1 Å². The van der Waals surface area contributed by atoms with Crippen LogP contribution < -0.4 is 10.6 Å². The second-order valence-electron chi connectivity index (χ2n) is 8.86. The predicted molar refractivity (Wildman–Crippen MR) is 131 cm³/mol. The van der Waals surface area contributed by atoms with Crippen LogP contribution in [0.2, 0.25) is 0 Å². The molecule has 2 aromatic rings. The molecule has 0 bridgehead atoms. The van der Waals surface area contributed by atoms with Gasteiger partial charge in [0.15, 0.2) is 0 Å². The predicted octanol–water partition coefficient (Wildman–Crippen LogP) is 4.20. The fraction of sp³-hybridized carbons (Fsp3) is 0.407. The Morgan fingerprint density at radius 2 is 1.69 bits per heavy atom. The van der Waals surface area contributed by atoms with Crippen LogP contribution in [0.1, 0.15) is 56.1 Å². The Hall–Kier alpha value is -3.86. The van der Waals surface area contributed by atoms with Gasteiger partial charge in [0.25, 0.3) is 0 Å². The van der Waals surface area contributed by atoms with Crippen LogP contribution in [-0.4, -0.2) is 42.3 Å². The third-order valence-corrected chi connectivity index (χ3v) is 6.19. The fourth-order valence-corrected chi connectivity index (χ4v) is 4.40. The number of carbonyl (C=O) groups is 3. The minimum absolute atomic E-state index is 0.0273. The Labute approximate surface area is 205 Å². The number of carbonyl (C=O) groups excluding carboxylic acids is 2. The molecule has 0 spiro atoms. The van der Waals surface area contributed by atoms with Gasteiger partial charge in [0.05, 0.1) is 6.07 Å². The molecule has 0 heterocycles. The molecule has 0 fully saturated rings. The molecule has 0 saturated carbocycles. The summed E-state index contributed by atoms with van der Waals surface area (Å²) in [7, 11) is 0. The van der Waals surface area contributed by atoms with Gasteiger partial charge in [0.1, 0.15) is 12.6 Å². The number of amides is 2. The van der Waals surface area contributed by atoms with E-state index in [9.17, 15) is 14.4 Å². The van der Waals surface area contributed by atoms with E-state index in [0.717, 1.165) is 22.3 Å². The number of hydrogen-bond acceptors (Lipinski definition) is 5. The maximum Gasteiger partial charge on any atom is 0.407 e. The average molecular weight is 478 g/mol. The van der Waals surface area contributed by atoms with E-state index in [1.165, 1.54) is 0 Å². The van der Waals surface area contributed by atoms with E-state index in [0.29, 0.717) is 25.8 Å². The van der Waals surface area contributed by atoms with Crippen molar-refractivity contribution in [3.05, 3.63) is 59.7 Å². The quantitative estimate of drug-likeness (QED) is 0.393. The first-order chi connectivity index (χ1) is 16.9. The van der Waals surface area contributed by atoms with Crippen molar-refractivity contribution in [1.82, 2.24) is 10.6 Å². The SMILES string of the molecule is CC(CCNC(=O)C(CCCC#N)NC(=O)OCC1c2ccccc2-c2ccccc21)CC(=O)O. The average Bonchev–Trinajstić information content (AvgIpc) is 3.15. The van der Waals surface area contributed by atoms with E-state index in [2.05, 4.69) is 22.8 Å². The van der Waals surface area contributed by atoms with Crippen LogP contribution in [0.5, 0.6) is 0 Å². The van der Waals surface area contributed by atoms with Gasteiger partial charge in [-0.2, -0.15) is 5.26 Å². The van der Waals surface area contributed by atoms with E-state index in [-0.39, 0.29) is 37.2 Å². The maximum atomic E-state index is 12.7. The van der Waals surface area contributed by atoms with Gasteiger partial charge in [-0.3, -0.25) is 9.59 Å². The summed E-state index contributed by atoms with van der Waals surface area (Å²) in [6.45, 7) is 2.24. The topological polar surface area (TPSA) is 129 Å². The molecule has 8 heteroatoms. The van der Waals surface area contributed by atoms with Gasteiger partial charge in [0.2, 0.25) is 5.91 Å². The minimum atomic E-state index is -0.880. The third-order valence-electron chi connectivity index (χ3n) is 6.19. The Balaban J connectivity index is 1.57. The maximum absolute atomic E-state index is 12.7. The highest BCUT2D eigenvalue weighted by atomic mass is 16.5. The molecule has 0 aromatic heterocycles. The van der Waals surface area contributed by atoms with Gasteiger partial charge in [0, 0.05) is 25.3 Å². The molecule has 2 unspecified atom stereocenters. The van der Waals surface area contributed by atoms with Crippen molar-refractivity contribution in [2.45, 2.75) is 51.0 Å². The Bertz CT molecular complexity index is 1050. The highest BCUT2D eigenvalue weighted by Crippen LogP contribution is 2.44. The van der Waals surface area contributed by atoms with E-state index in [1.807, 2.05) is 42.5 Å². The largest absolute Gasteiger partial charge is 0.481 e. The molecule has 3 N–H and O–H groups in total. The van der Waals surface area contributed by atoms with Crippen molar-refractivity contribution < 1.29 is 24.2 Å². The summed E-state index contributed by atoms with van der Waals surface area (Å²) in [5, 5.41) is 23.1. The van der Waals surface area contributed by atoms with Crippen LogP contribution >= 0.6 is 0 Å². The van der Waals surface area contributed by atoms with Gasteiger partial charge in [-0.15, -0.1) is 0 Å². The minimum Gasteiger partial charge on any atom is -0.481 e. The molecule has 8 nitrogen and oxygen atoms in total. The number of carboxylic acids is 1. The first-order valence-corrected chi connectivity index (χ1v) is 11.9. The van der Waals surface area contributed by atoms with Crippen LogP contribution in [0.15, 0.2) is 48.5 Å². The number of nitriles is 1. The lowest BCUT2D eigenvalue weighted by atomic mass is 9.98. The van der Waals surface area contributed by atoms with E-state index in [4.69, 9.17) is 15.1 Å². The van der Waals surface area contributed by atoms with Crippen LogP contribution in [0.3, 0.4) is 0 Å². The van der Waals surface area contributed by atoms with Crippen LogP contribution in [0.4, 0.5) is 4.79 Å². The summed E-state index contributed by atoms with van der Waals surface area (Å²) >= 11 is 0. The van der Waals surface area contributed by atoms with Gasteiger partial charge in [-0.25, -0.2) is 4.79 Å². The summed E-state index contributed by atoms with van der Waals surface area (Å²) in [5.41, 5.74) is 4.45. The lowest BCUT2D eigenvalue weighted by molar-refractivity contribution is -0.138. The molecule has 2 aromatic carbocycles. The number of ether oxygens (including phenoxy) is 1. The van der Waals surface area contributed by atoms with Crippen molar-refractivity contribution in [2.75, 3.05) is 13.2 Å². The number of alkyl carbamates (subject to hydrolysis) is 1. The zero-order valence-corrected chi connectivity index (χ0v) is 19.8. The molecule has 2 atom stereocenters. The number of nitrogens with one attached hydrogen (secondary N) is 2. The second kappa shape index (κ2) is 12.6. The number of aliphatic carboxylic acids is 1. The Morgan fingerprint density at radius 1 is 1.06 bits per heavy atom. The summed E-state index contributed by atoms with van der Waals surface area (Å²) in [6.07, 6.45) is 0.865. The lowest BCUT2D eigenvalue weighted by Gasteiger charge is -2.20. The number of unbranched alkanes of at least 4 members (excludes halogenated alkanes) is 1. The van der Waals surface area contributed by atoms with Crippen molar-refractivity contribution in [1.29, 1.82) is 5.26 Å². The van der Waals surface area contributed by atoms with Gasteiger partial charge < -0.3 is 20.5 Å². The van der Waals surface area contributed by atoms with Gasteiger partial charge >= 0.3 is 12.1 Å². The molecule has 1 aliphatic rings. The van der Waals surface area contributed by atoms with Gasteiger partial charge in [-0.05, 0) is 47.4 Å². The molecular formula is C27H31N3O5. The van der Waals surface area contributed by atoms with E-state index in [1.54, 1.807) is 6.92 Å². The smallest absolute Gasteiger partial charge is 0.407 e. The zero-order chi connectivity index (χ0) is 25.2. The van der Waals surface area contributed by atoms with Crippen LogP contribution in [-0.2, 0) is 14.3 Å². The van der Waals surface area contributed by atoms with Crippen molar-refractivity contribution in [2.24, 2.45) is 5.92 Å². The highest BCUT2D eigenvalue weighted by molar-refractivity contribution is 5.85. The monoisotopic (exact) mass is 477 g/mol. The molecule has 35 heavy (non-hydrogen) atoms. The molecule has 0 radical (unpaired) electrons. The molecule has 1 aliphatic carbocycles. The van der Waals surface area contributed by atoms with Crippen LogP contribution in [0.25, 0.3) is 11.1 Å². The summed E-state index contributed by atoms with van der Waals surface area (Å²) < 4.78 is 5.55. The number of nitrogens with zero attached hydrogens (tertiary/aromatic N) is 1. The summed E-state index contributed by atoms with van der Waals surface area (Å²) in [6, 6.07) is 17.3. The first-order valence-electron chi connectivity index (χ1n) is 11.9. The molecule has 2 amide bonds. The number of rotatable bonds is 12. The molecular weight excluding hydrogens is 446 g/mol. The third kappa shape index (κ3) is 7.06. The normalized spacial score (nSPS) is 13.6. The van der Waals surface area contributed by atoms with Crippen molar-refractivity contribution in [3.8, 4) is 17.2 Å². The fourth-order valence-electron chi connectivity index (χ4n) is 4.40. The van der Waals surface area contributed by atoms with Crippen LogP contribution in [0, 0.1) is 17.2 Å². The number of carboxylic acid groups (broad SMARTS) is 1. The van der Waals surface area contributed by atoms with Crippen molar-refractivity contribution >= 4 is 18.0 Å². The van der Waals surface area contributed by atoms with Gasteiger partial charge in [-0.1, -0.05) is 55.5 Å². The van der Waals surface area contributed by atoms with Crippen molar-refractivity contribution in [3.63, 3.8) is 0 Å². The zero-order valence-electron chi connectivity index (χ0n) is 19.8. The lowest BCUT2D eigenvalue weighted by Crippen LogP contribution is -2.47. The molecule has 184 valence electrons. The highest BCUT2D eigenvalue weighted by Gasteiger charge is 2.29. The first kappa shape index (κ1) is 25.8. The van der Waals surface area contributed by atoms with E-state index >= 15 is 0 Å². The number of benzene rings is 2.